The molecule has 2 rings (SSSR count). The first-order valence-corrected chi connectivity index (χ1v) is 5.50. The summed E-state index contributed by atoms with van der Waals surface area (Å²) in [5, 5.41) is 10.0. The molecular formula is C13H10ClNO3. The standard InChI is InChI=1S/C13H10ClNO3/c14-8-2-1-3-10(6-8)18-13(17)11-5-4-9(15)7-12(11)16/h1-7,16H,15H2. The Morgan fingerprint density at radius 1 is 1.22 bits per heavy atom. The molecule has 92 valence electrons. The quantitative estimate of drug-likeness (QED) is 0.496. The molecular weight excluding hydrogens is 254 g/mol. The number of rotatable bonds is 2. The number of esters is 1. The van der Waals surface area contributed by atoms with E-state index in [2.05, 4.69) is 0 Å². The van der Waals surface area contributed by atoms with E-state index in [0.717, 1.165) is 0 Å². The Morgan fingerprint density at radius 2 is 2.00 bits per heavy atom. The summed E-state index contributed by atoms with van der Waals surface area (Å²) in [6.45, 7) is 0. The Hall–Kier alpha value is -2.20. The highest BCUT2D eigenvalue weighted by Gasteiger charge is 2.13. The number of anilines is 1. The Kier molecular flexibility index (Phi) is 3.39. The lowest BCUT2D eigenvalue weighted by atomic mass is 10.2. The lowest BCUT2D eigenvalue weighted by Crippen LogP contribution is -2.08. The minimum atomic E-state index is -0.672. The molecule has 0 atom stereocenters. The van der Waals surface area contributed by atoms with Crippen LogP contribution in [-0.2, 0) is 0 Å². The van der Waals surface area contributed by atoms with Gasteiger partial charge in [0.1, 0.15) is 17.1 Å². The first-order valence-electron chi connectivity index (χ1n) is 5.12. The lowest BCUT2D eigenvalue weighted by Gasteiger charge is -2.06. The number of hydrogen-bond donors (Lipinski definition) is 2. The van der Waals surface area contributed by atoms with E-state index in [1.54, 1.807) is 18.2 Å². The van der Waals surface area contributed by atoms with Crippen LogP contribution in [0.3, 0.4) is 0 Å². The molecule has 0 unspecified atom stereocenters. The number of nitrogens with two attached hydrogens (primary N) is 1. The highest BCUT2D eigenvalue weighted by atomic mass is 35.5. The second-order valence-corrected chi connectivity index (χ2v) is 4.06. The molecule has 0 bridgehead atoms. The third-order valence-electron chi connectivity index (χ3n) is 2.25. The molecule has 0 fully saturated rings. The average Bonchev–Trinajstić information content (AvgIpc) is 2.28. The number of phenolic OH excluding ortho intramolecular Hbond substituents is 1. The Morgan fingerprint density at radius 3 is 2.67 bits per heavy atom. The second kappa shape index (κ2) is 4.98. The van der Waals surface area contributed by atoms with Crippen molar-refractivity contribution in [3.63, 3.8) is 0 Å². The molecule has 3 N–H and O–H groups in total. The molecule has 0 saturated heterocycles. The molecule has 2 aromatic rings. The highest BCUT2D eigenvalue weighted by Crippen LogP contribution is 2.23. The van der Waals surface area contributed by atoms with Crippen molar-refractivity contribution in [1.82, 2.24) is 0 Å². The van der Waals surface area contributed by atoms with Gasteiger partial charge in [-0.3, -0.25) is 0 Å². The maximum Gasteiger partial charge on any atom is 0.347 e. The summed E-state index contributed by atoms with van der Waals surface area (Å²) in [6.07, 6.45) is 0. The van der Waals surface area contributed by atoms with Crippen molar-refractivity contribution in [3.05, 3.63) is 53.1 Å². The first kappa shape index (κ1) is 12.3. The molecule has 2 aromatic carbocycles. The van der Waals surface area contributed by atoms with Gasteiger partial charge >= 0.3 is 5.97 Å². The second-order valence-electron chi connectivity index (χ2n) is 3.62. The number of nitrogen functional groups attached to an aromatic ring is 1. The van der Waals surface area contributed by atoms with Crippen molar-refractivity contribution < 1.29 is 14.6 Å². The van der Waals surface area contributed by atoms with Gasteiger partial charge in [0, 0.05) is 16.8 Å². The molecule has 0 spiro atoms. The number of hydrogen-bond acceptors (Lipinski definition) is 4. The van der Waals surface area contributed by atoms with Crippen LogP contribution >= 0.6 is 11.6 Å². The van der Waals surface area contributed by atoms with Gasteiger partial charge in [-0.25, -0.2) is 4.79 Å². The van der Waals surface area contributed by atoms with Gasteiger partial charge in [-0.1, -0.05) is 17.7 Å². The molecule has 0 radical (unpaired) electrons. The van der Waals surface area contributed by atoms with Crippen molar-refractivity contribution in [3.8, 4) is 11.5 Å². The van der Waals surface area contributed by atoms with Crippen LogP contribution in [0.5, 0.6) is 11.5 Å². The van der Waals surface area contributed by atoms with Crippen LogP contribution in [-0.4, -0.2) is 11.1 Å². The van der Waals surface area contributed by atoms with Crippen LogP contribution in [0.25, 0.3) is 0 Å². The van der Waals surface area contributed by atoms with E-state index < -0.39 is 5.97 Å². The van der Waals surface area contributed by atoms with Gasteiger partial charge in [-0.2, -0.15) is 0 Å². The van der Waals surface area contributed by atoms with Crippen LogP contribution in [0.4, 0.5) is 5.69 Å². The van der Waals surface area contributed by atoms with E-state index in [1.165, 1.54) is 24.3 Å². The predicted molar refractivity (Wildman–Crippen MR) is 68.9 cm³/mol. The number of halogens is 1. The molecule has 0 amide bonds. The minimum Gasteiger partial charge on any atom is -0.507 e. The summed E-state index contributed by atoms with van der Waals surface area (Å²) in [7, 11) is 0. The number of phenols is 1. The van der Waals surface area contributed by atoms with E-state index in [4.69, 9.17) is 22.1 Å². The fourth-order valence-corrected chi connectivity index (χ4v) is 1.59. The third-order valence-corrected chi connectivity index (χ3v) is 2.48. The van der Waals surface area contributed by atoms with Crippen molar-refractivity contribution in [1.29, 1.82) is 0 Å². The van der Waals surface area contributed by atoms with Gasteiger partial charge in [0.15, 0.2) is 0 Å². The third kappa shape index (κ3) is 2.73. The van der Waals surface area contributed by atoms with Crippen LogP contribution in [0.15, 0.2) is 42.5 Å². The number of carbonyl (C=O) groups is 1. The first-order chi connectivity index (χ1) is 8.56. The van der Waals surface area contributed by atoms with Crippen molar-refractivity contribution in [2.24, 2.45) is 0 Å². The average molecular weight is 264 g/mol. The number of ether oxygens (including phenoxy) is 1. The lowest BCUT2D eigenvalue weighted by molar-refractivity contribution is 0.0732. The van der Waals surface area contributed by atoms with Crippen molar-refractivity contribution in [2.75, 3.05) is 5.73 Å². The zero-order valence-corrected chi connectivity index (χ0v) is 10.0. The maximum atomic E-state index is 11.8. The molecule has 0 aliphatic carbocycles. The zero-order chi connectivity index (χ0) is 13.1. The maximum absolute atomic E-state index is 11.8. The van der Waals surface area contributed by atoms with Gasteiger partial charge < -0.3 is 15.6 Å². The molecule has 0 saturated carbocycles. The summed E-state index contributed by atoms with van der Waals surface area (Å²) in [4.78, 5) is 11.8. The molecule has 0 aliphatic rings. The van der Waals surface area contributed by atoms with Gasteiger partial charge in [-0.05, 0) is 30.3 Å². The van der Waals surface area contributed by atoms with E-state index in [1.807, 2.05) is 0 Å². The number of carbonyl (C=O) groups excluding carboxylic acids is 1. The fourth-order valence-electron chi connectivity index (χ4n) is 1.41. The summed E-state index contributed by atoms with van der Waals surface area (Å²) in [6, 6.07) is 10.6. The smallest absolute Gasteiger partial charge is 0.347 e. The fraction of sp³-hybridized carbons (Fsp3) is 0. The molecule has 4 nitrogen and oxygen atoms in total. The van der Waals surface area contributed by atoms with Crippen LogP contribution < -0.4 is 10.5 Å². The highest BCUT2D eigenvalue weighted by molar-refractivity contribution is 6.30. The summed E-state index contributed by atoms with van der Waals surface area (Å²) in [5.41, 5.74) is 5.88. The molecule has 18 heavy (non-hydrogen) atoms. The van der Waals surface area contributed by atoms with Gasteiger partial charge in [0.25, 0.3) is 0 Å². The monoisotopic (exact) mass is 263 g/mol. The van der Waals surface area contributed by atoms with E-state index in [0.29, 0.717) is 16.5 Å². The van der Waals surface area contributed by atoms with Crippen LogP contribution in [0.2, 0.25) is 5.02 Å². The van der Waals surface area contributed by atoms with Crippen molar-refractivity contribution >= 4 is 23.3 Å². The zero-order valence-electron chi connectivity index (χ0n) is 9.26. The van der Waals surface area contributed by atoms with E-state index >= 15 is 0 Å². The van der Waals surface area contributed by atoms with Crippen LogP contribution in [0, 0.1) is 0 Å². The Balaban J connectivity index is 2.22. The van der Waals surface area contributed by atoms with E-state index in [-0.39, 0.29) is 11.3 Å². The SMILES string of the molecule is Nc1ccc(C(=O)Oc2cccc(Cl)c2)c(O)c1. The summed E-state index contributed by atoms with van der Waals surface area (Å²) < 4.78 is 5.08. The Labute approximate surface area is 109 Å². The number of aromatic hydroxyl groups is 1. The summed E-state index contributed by atoms with van der Waals surface area (Å²) >= 11 is 5.77. The van der Waals surface area contributed by atoms with Gasteiger partial charge in [-0.15, -0.1) is 0 Å². The molecule has 0 aliphatic heterocycles. The predicted octanol–water partition coefficient (Wildman–Crippen LogP) is 2.85. The topological polar surface area (TPSA) is 72.6 Å². The Bertz CT molecular complexity index is 599. The molecule has 0 heterocycles. The molecule has 5 heteroatoms. The molecule has 0 aromatic heterocycles. The minimum absolute atomic E-state index is 0.0455. The summed E-state index contributed by atoms with van der Waals surface area (Å²) in [5.74, 6) is -0.583. The van der Waals surface area contributed by atoms with Crippen LogP contribution in [0.1, 0.15) is 10.4 Å². The van der Waals surface area contributed by atoms with Gasteiger partial charge in [0.2, 0.25) is 0 Å². The van der Waals surface area contributed by atoms with Crippen molar-refractivity contribution in [2.45, 2.75) is 0 Å². The van der Waals surface area contributed by atoms with E-state index in [9.17, 15) is 9.90 Å². The normalized spacial score (nSPS) is 10.1. The van der Waals surface area contributed by atoms with Gasteiger partial charge in [0.05, 0.1) is 0 Å². The largest absolute Gasteiger partial charge is 0.507 e. The number of benzene rings is 2.